The summed E-state index contributed by atoms with van der Waals surface area (Å²) in [5.74, 6) is 0.0748. The molecule has 0 spiro atoms. The molecule has 26 heavy (non-hydrogen) atoms. The van der Waals surface area contributed by atoms with Gasteiger partial charge in [-0.05, 0) is 43.5 Å². The number of amides is 1. The number of hydrogen-bond acceptors (Lipinski definition) is 3. The van der Waals surface area contributed by atoms with Crippen molar-refractivity contribution in [2.45, 2.75) is 27.3 Å². The van der Waals surface area contributed by atoms with E-state index in [4.69, 9.17) is 0 Å². The summed E-state index contributed by atoms with van der Waals surface area (Å²) in [4.78, 5) is 17.1. The van der Waals surface area contributed by atoms with Gasteiger partial charge in [0.25, 0.3) is 0 Å². The van der Waals surface area contributed by atoms with Crippen LogP contribution >= 0.6 is 0 Å². The Morgan fingerprint density at radius 3 is 2.35 bits per heavy atom. The summed E-state index contributed by atoms with van der Waals surface area (Å²) in [6.45, 7) is 11.5. The van der Waals surface area contributed by atoms with Crippen molar-refractivity contribution < 1.29 is 4.79 Å². The SMILES string of the molecule is Cc1cccc(CN2CCN(CC(=O)Nc3cc(C)ccc3C)CC2)c1. The summed E-state index contributed by atoms with van der Waals surface area (Å²) in [6, 6.07) is 14.9. The van der Waals surface area contributed by atoms with Crippen LogP contribution in [0.2, 0.25) is 0 Å². The first-order valence-electron chi connectivity index (χ1n) is 9.37. The zero-order valence-corrected chi connectivity index (χ0v) is 16.1. The molecule has 138 valence electrons. The van der Waals surface area contributed by atoms with Crippen LogP contribution in [-0.4, -0.2) is 48.4 Å². The van der Waals surface area contributed by atoms with Crippen LogP contribution in [0.1, 0.15) is 22.3 Å². The molecule has 1 aliphatic heterocycles. The first-order valence-corrected chi connectivity index (χ1v) is 9.37. The molecule has 0 unspecified atom stereocenters. The van der Waals surface area contributed by atoms with Crippen molar-refractivity contribution in [1.29, 1.82) is 0 Å². The van der Waals surface area contributed by atoms with Gasteiger partial charge < -0.3 is 5.32 Å². The lowest BCUT2D eigenvalue weighted by Gasteiger charge is -2.34. The van der Waals surface area contributed by atoms with Crippen LogP contribution in [0.4, 0.5) is 5.69 Å². The zero-order valence-electron chi connectivity index (χ0n) is 16.1. The number of benzene rings is 2. The predicted molar refractivity (Wildman–Crippen MR) is 107 cm³/mol. The first-order chi connectivity index (χ1) is 12.5. The minimum Gasteiger partial charge on any atom is -0.325 e. The Labute approximate surface area is 156 Å². The summed E-state index contributed by atoms with van der Waals surface area (Å²) in [6.07, 6.45) is 0. The molecule has 1 heterocycles. The van der Waals surface area contributed by atoms with Crippen molar-refractivity contribution in [1.82, 2.24) is 9.80 Å². The minimum atomic E-state index is 0.0748. The van der Waals surface area contributed by atoms with Crippen molar-refractivity contribution in [3.05, 3.63) is 64.7 Å². The van der Waals surface area contributed by atoms with Gasteiger partial charge in [0.15, 0.2) is 0 Å². The van der Waals surface area contributed by atoms with Gasteiger partial charge in [0, 0.05) is 38.4 Å². The molecule has 1 amide bonds. The van der Waals surface area contributed by atoms with Crippen LogP contribution in [0.3, 0.4) is 0 Å². The molecule has 0 saturated carbocycles. The Kier molecular flexibility index (Phi) is 6.07. The second-order valence-corrected chi connectivity index (χ2v) is 7.41. The van der Waals surface area contributed by atoms with E-state index in [-0.39, 0.29) is 5.91 Å². The van der Waals surface area contributed by atoms with Crippen molar-refractivity contribution in [2.24, 2.45) is 0 Å². The van der Waals surface area contributed by atoms with Crippen molar-refractivity contribution >= 4 is 11.6 Å². The molecule has 0 radical (unpaired) electrons. The quantitative estimate of drug-likeness (QED) is 0.897. The van der Waals surface area contributed by atoms with Crippen LogP contribution in [0.5, 0.6) is 0 Å². The number of carbonyl (C=O) groups excluding carboxylic acids is 1. The summed E-state index contributed by atoms with van der Waals surface area (Å²) in [5, 5.41) is 3.06. The second-order valence-electron chi connectivity index (χ2n) is 7.41. The fraction of sp³-hybridized carbons (Fsp3) is 0.409. The lowest BCUT2D eigenvalue weighted by atomic mass is 10.1. The summed E-state index contributed by atoms with van der Waals surface area (Å²) in [5.41, 5.74) is 5.87. The maximum Gasteiger partial charge on any atom is 0.238 e. The third kappa shape index (κ3) is 5.16. The molecule has 2 aromatic carbocycles. The fourth-order valence-electron chi connectivity index (χ4n) is 3.44. The maximum atomic E-state index is 12.4. The molecule has 0 atom stereocenters. The monoisotopic (exact) mass is 351 g/mol. The molecule has 4 nitrogen and oxygen atoms in total. The zero-order chi connectivity index (χ0) is 18.5. The molecule has 1 saturated heterocycles. The number of piperazine rings is 1. The molecule has 3 rings (SSSR count). The first kappa shape index (κ1) is 18.6. The van der Waals surface area contributed by atoms with Crippen LogP contribution in [0.25, 0.3) is 0 Å². The number of rotatable bonds is 5. The number of carbonyl (C=O) groups is 1. The molecule has 0 aromatic heterocycles. The molecule has 1 N–H and O–H groups in total. The van der Waals surface area contributed by atoms with Gasteiger partial charge in [-0.1, -0.05) is 42.0 Å². The smallest absolute Gasteiger partial charge is 0.238 e. The normalized spacial score (nSPS) is 15.8. The highest BCUT2D eigenvalue weighted by Gasteiger charge is 2.19. The van der Waals surface area contributed by atoms with Crippen LogP contribution in [-0.2, 0) is 11.3 Å². The van der Waals surface area contributed by atoms with Gasteiger partial charge in [-0.25, -0.2) is 0 Å². The highest BCUT2D eigenvalue weighted by atomic mass is 16.2. The average Bonchev–Trinajstić information content (AvgIpc) is 2.60. The van der Waals surface area contributed by atoms with Gasteiger partial charge in [0.2, 0.25) is 5.91 Å². The fourth-order valence-corrected chi connectivity index (χ4v) is 3.44. The van der Waals surface area contributed by atoms with Gasteiger partial charge >= 0.3 is 0 Å². The van der Waals surface area contributed by atoms with Crippen molar-refractivity contribution in [3.63, 3.8) is 0 Å². The molecular weight excluding hydrogens is 322 g/mol. The third-order valence-electron chi connectivity index (χ3n) is 4.99. The van der Waals surface area contributed by atoms with E-state index < -0.39 is 0 Å². The van der Waals surface area contributed by atoms with E-state index in [1.807, 2.05) is 19.9 Å². The Hall–Kier alpha value is -2.17. The average molecular weight is 351 g/mol. The summed E-state index contributed by atoms with van der Waals surface area (Å²) in [7, 11) is 0. The molecular formula is C22H29N3O. The number of aryl methyl sites for hydroxylation is 3. The molecule has 2 aromatic rings. The Balaban J connectivity index is 1.46. The van der Waals surface area contributed by atoms with Gasteiger partial charge in [-0.2, -0.15) is 0 Å². The van der Waals surface area contributed by atoms with E-state index in [0.29, 0.717) is 6.54 Å². The Bertz CT molecular complexity index is 764. The lowest BCUT2D eigenvalue weighted by Crippen LogP contribution is -2.48. The predicted octanol–water partition coefficient (Wildman–Crippen LogP) is 3.37. The largest absolute Gasteiger partial charge is 0.325 e. The highest BCUT2D eigenvalue weighted by Crippen LogP contribution is 2.16. The van der Waals surface area contributed by atoms with Crippen LogP contribution < -0.4 is 5.32 Å². The lowest BCUT2D eigenvalue weighted by molar-refractivity contribution is -0.117. The molecule has 0 bridgehead atoms. The van der Waals surface area contributed by atoms with Gasteiger partial charge in [0.05, 0.1) is 6.54 Å². The van der Waals surface area contributed by atoms with Crippen LogP contribution in [0, 0.1) is 20.8 Å². The Morgan fingerprint density at radius 2 is 1.62 bits per heavy atom. The van der Waals surface area contributed by atoms with Gasteiger partial charge in [0.1, 0.15) is 0 Å². The van der Waals surface area contributed by atoms with Crippen LogP contribution in [0.15, 0.2) is 42.5 Å². The molecule has 1 aliphatic rings. The third-order valence-corrected chi connectivity index (χ3v) is 4.99. The molecule has 4 heteroatoms. The van der Waals surface area contributed by atoms with Crippen molar-refractivity contribution in [2.75, 3.05) is 38.0 Å². The minimum absolute atomic E-state index is 0.0748. The number of nitrogens with zero attached hydrogens (tertiary/aromatic N) is 2. The molecule has 0 aliphatic carbocycles. The maximum absolute atomic E-state index is 12.4. The van der Waals surface area contributed by atoms with Gasteiger partial charge in [-0.3, -0.25) is 14.6 Å². The van der Waals surface area contributed by atoms with E-state index in [0.717, 1.165) is 49.5 Å². The van der Waals surface area contributed by atoms with Crippen molar-refractivity contribution in [3.8, 4) is 0 Å². The van der Waals surface area contributed by atoms with E-state index in [1.165, 1.54) is 11.1 Å². The van der Waals surface area contributed by atoms with Gasteiger partial charge in [-0.15, -0.1) is 0 Å². The highest BCUT2D eigenvalue weighted by molar-refractivity contribution is 5.93. The van der Waals surface area contributed by atoms with E-state index >= 15 is 0 Å². The topological polar surface area (TPSA) is 35.6 Å². The standard InChI is InChI=1S/C22H29N3O/c1-17-5-4-6-20(13-17)15-24-9-11-25(12-10-24)16-22(26)23-21-14-18(2)7-8-19(21)3/h4-8,13-14H,9-12,15-16H2,1-3H3,(H,23,26). The second kappa shape index (κ2) is 8.47. The Morgan fingerprint density at radius 1 is 0.923 bits per heavy atom. The number of nitrogens with one attached hydrogen (secondary N) is 1. The summed E-state index contributed by atoms with van der Waals surface area (Å²) < 4.78 is 0. The van der Waals surface area contributed by atoms with E-state index in [1.54, 1.807) is 0 Å². The molecule has 1 fully saturated rings. The number of anilines is 1. The van der Waals surface area contributed by atoms with E-state index in [2.05, 4.69) is 58.4 Å². The summed E-state index contributed by atoms with van der Waals surface area (Å²) >= 11 is 0. The number of hydrogen-bond donors (Lipinski definition) is 1. The van der Waals surface area contributed by atoms with E-state index in [9.17, 15) is 4.79 Å².